The molecular weight excluding hydrogens is 262 g/mol. The van der Waals surface area contributed by atoms with Crippen LogP contribution in [0.4, 0.5) is 0 Å². The Bertz CT molecular complexity index is 480. The maximum absolute atomic E-state index is 11.4. The van der Waals surface area contributed by atoms with Crippen molar-refractivity contribution in [2.75, 3.05) is 0 Å². The van der Waals surface area contributed by atoms with Crippen molar-refractivity contribution in [3.63, 3.8) is 0 Å². The number of hydrogen-bond donors (Lipinski definition) is 0. The zero-order valence-electron chi connectivity index (χ0n) is 10.5. The van der Waals surface area contributed by atoms with Crippen molar-refractivity contribution in [1.82, 2.24) is 14.8 Å². The molecule has 98 valence electrons. The fraction of sp³-hybridized carbons (Fsp3) is 0.800. The summed E-state index contributed by atoms with van der Waals surface area (Å²) >= 11 is 0. The van der Waals surface area contributed by atoms with Gasteiger partial charge in [0.25, 0.3) is 14.2 Å². The molecule has 0 aliphatic rings. The van der Waals surface area contributed by atoms with Gasteiger partial charge in [-0.15, -0.1) is 10.2 Å². The summed E-state index contributed by atoms with van der Waals surface area (Å²) in [5.74, 6) is 1.36. The van der Waals surface area contributed by atoms with E-state index < -0.39 is 9.05 Å². The molecule has 5 nitrogen and oxygen atoms in total. The van der Waals surface area contributed by atoms with Crippen LogP contribution in [0.3, 0.4) is 0 Å². The maximum atomic E-state index is 11.4. The molecule has 0 fully saturated rings. The Labute approximate surface area is 107 Å². The molecule has 0 atom stereocenters. The zero-order chi connectivity index (χ0) is 13.2. The zero-order valence-corrected chi connectivity index (χ0v) is 12.1. The van der Waals surface area contributed by atoms with Crippen molar-refractivity contribution in [3.8, 4) is 0 Å². The summed E-state index contributed by atoms with van der Waals surface area (Å²) in [6, 6.07) is 0. The van der Waals surface area contributed by atoms with Crippen LogP contribution in [0.1, 0.15) is 33.5 Å². The van der Waals surface area contributed by atoms with Gasteiger partial charge < -0.3 is 4.57 Å². The number of rotatable bonds is 5. The first kappa shape index (κ1) is 14.4. The van der Waals surface area contributed by atoms with Crippen molar-refractivity contribution >= 4 is 19.7 Å². The molecular formula is C10H18ClN3O2S. The Morgan fingerprint density at radius 1 is 1.18 bits per heavy atom. The second kappa shape index (κ2) is 5.35. The van der Waals surface area contributed by atoms with Gasteiger partial charge in [-0.2, -0.15) is 0 Å². The summed E-state index contributed by atoms with van der Waals surface area (Å²) in [5, 5.41) is 7.46. The van der Waals surface area contributed by atoms with Gasteiger partial charge in [-0.05, 0) is 11.8 Å². The van der Waals surface area contributed by atoms with E-state index in [0.717, 1.165) is 0 Å². The monoisotopic (exact) mass is 279 g/mol. The number of aromatic nitrogens is 3. The molecule has 0 bridgehead atoms. The molecule has 1 aromatic heterocycles. The molecule has 0 spiro atoms. The summed E-state index contributed by atoms with van der Waals surface area (Å²) in [7, 11) is 1.51. The lowest BCUT2D eigenvalue weighted by Crippen LogP contribution is -2.14. The molecule has 0 N–H and O–H groups in total. The van der Waals surface area contributed by atoms with Gasteiger partial charge in [-0.1, -0.05) is 27.7 Å². The smallest absolute Gasteiger partial charge is 0.296 e. The van der Waals surface area contributed by atoms with Crippen molar-refractivity contribution in [1.29, 1.82) is 0 Å². The Hall–Kier alpha value is -0.620. The standard InChI is InChI=1S/C10H18ClN3O2S/c1-7(2)5-9-12-13-10(17(11,15)16)14(9)6-8(3)4/h7-8H,5-6H2,1-4H3. The van der Waals surface area contributed by atoms with Gasteiger partial charge >= 0.3 is 0 Å². The molecule has 1 rings (SSSR count). The van der Waals surface area contributed by atoms with Crippen LogP contribution in [0.2, 0.25) is 0 Å². The molecule has 1 heterocycles. The SMILES string of the molecule is CC(C)Cc1nnc(S(=O)(=O)Cl)n1CC(C)C. The summed E-state index contributed by atoms with van der Waals surface area (Å²) in [6.45, 7) is 8.65. The predicted molar refractivity (Wildman–Crippen MR) is 66.4 cm³/mol. The molecule has 7 heteroatoms. The highest BCUT2D eigenvalue weighted by molar-refractivity contribution is 8.13. The fourth-order valence-electron chi connectivity index (χ4n) is 1.56. The van der Waals surface area contributed by atoms with Gasteiger partial charge in [0.2, 0.25) is 0 Å². The van der Waals surface area contributed by atoms with Crippen molar-refractivity contribution in [2.45, 2.75) is 45.8 Å². The van der Waals surface area contributed by atoms with Crippen molar-refractivity contribution in [3.05, 3.63) is 5.82 Å². The van der Waals surface area contributed by atoms with Crippen LogP contribution < -0.4 is 0 Å². The second-order valence-corrected chi connectivity index (χ2v) is 7.40. The minimum atomic E-state index is -3.83. The van der Waals surface area contributed by atoms with E-state index in [1.165, 1.54) is 0 Å². The van der Waals surface area contributed by atoms with Crippen LogP contribution in [-0.4, -0.2) is 23.2 Å². The molecule has 0 aromatic carbocycles. The van der Waals surface area contributed by atoms with E-state index >= 15 is 0 Å². The van der Waals surface area contributed by atoms with Gasteiger partial charge in [-0.3, -0.25) is 0 Å². The quantitative estimate of drug-likeness (QED) is 0.774. The first-order chi connectivity index (χ1) is 7.71. The average Bonchev–Trinajstić information content (AvgIpc) is 2.45. The van der Waals surface area contributed by atoms with Gasteiger partial charge in [-0.25, -0.2) is 8.42 Å². The van der Waals surface area contributed by atoms with Crippen LogP contribution in [0.25, 0.3) is 0 Å². The third-order valence-corrected chi connectivity index (χ3v) is 3.30. The highest BCUT2D eigenvalue weighted by atomic mass is 35.7. The van der Waals surface area contributed by atoms with Crippen LogP contribution in [0.5, 0.6) is 0 Å². The highest BCUT2D eigenvalue weighted by Crippen LogP contribution is 2.17. The van der Waals surface area contributed by atoms with Crippen LogP contribution in [-0.2, 0) is 22.0 Å². The van der Waals surface area contributed by atoms with E-state index in [4.69, 9.17) is 10.7 Å². The Balaban J connectivity index is 3.20. The lowest BCUT2D eigenvalue weighted by molar-refractivity contribution is 0.460. The Kier molecular flexibility index (Phi) is 4.55. The van der Waals surface area contributed by atoms with E-state index in [-0.39, 0.29) is 5.16 Å². The predicted octanol–water partition coefficient (Wildman–Crippen LogP) is 2.06. The first-order valence-electron chi connectivity index (χ1n) is 5.58. The number of nitrogens with zero attached hydrogens (tertiary/aromatic N) is 3. The molecule has 0 aliphatic carbocycles. The third-order valence-electron chi connectivity index (χ3n) is 2.15. The Morgan fingerprint density at radius 2 is 1.76 bits per heavy atom. The summed E-state index contributed by atoms with van der Waals surface area (Å²) in [4.78, 5) is 0. The van der Waals surface area contributed by atoms with Crippen LogP contribution in [0, 0.1) is 11.8 Å². The van der Waals surface area contributed by atoms with Gasteiger partial charge in [0, 0.05) is 23.6 Å². The lowest BCUT2D eigenvalue weighted by Gasteiger charge is -2.12. The fourth-order valence-corrected chi connectivity index (χ4v) is 2.49. The average molecular weight is 280 g/mol. The molecule has 0 aliphatic heterocycles. The van der Waals surface area contributed by atoms with E-state index in [9.17, 15) is 8.42 Å². The summed E-state index contributed by atoms with van der Waals surface area (Å²) in [5.41, 5.74) is 0. The number of hydrogen-bond acceptors (Lipinski definition) is 4. The molecule has 0 amide bonds. The van der Waals surface area contributed by atoms with E-state index in [1.54, 1.807) is 4.57 Å². The normalized spacial score (nSPS) is 12.6. The van der Waals surface area contributed by atoms with Crippen LogP contribution >= 0.6 is 10.7 Å². The minimum absolute atomic E-state index is 0.150. The maximum Gasteiger partial charge on any atom is 0.296 e. The van der Waals surface area contributed by atoms with Gasteiger partial charge in [0.15, 0.2) is 0 Å². The van der Waals surface area contributed by atoms with E-state index in [2.05, 4.69) is 10.2 Å². The summed E-state index contributed by atoms with van der Waals surface area (Å²) in [6.07, 6.45) is 0.687. The minimum Gasteiger partial charge on any atom is -0.301 e. The topological polar surface area (TPSA) is 64.8 Å². The Morgan fingerprint density at radius 3 is 2.18 bits per heavy atom. The van der Waals surface area contributed by atoms with Gasteiger partial charge in [0.05, 0.1) is 0 Å². The number of halogens is 1. The first-order valence-corrected chi connectivity index (χ1v) is 7.89. The largest absolute Gasteiger partial charge is 0.301 e. The molecule has 1 aromatic rings. The lowest BCUT2D eigenvalue weighted by atomic mass is 10.1. The van der Waals surface area contributed by atoms with E-state index in [1.807, 2.05) is 27.7 Å². The molecule has 0 saturated heterocycles. The summed E-state index contributed by atoms with van der Waals surface area (Å²) < 4.78 is 24.4. The van der Waals surface area contributed by atoms with Crippen molar-refractivity contribution in [2.24, 2.45) is 11.8 Å². The van der Waals surface area contributed by atoms with Gasteiger partial charge in [0.1, 0.15) is 5.82 Å². The second-order valence-electron chi connectivity index (χ2n) is 4.94. The highest BCUT2D eigenvalue weighted by Gasteiger charge is 2.23. The van der Waals surface area contributed by atoms with Crippen molar-refractivity contribution < 1.29 is 8.42 Å². The molecule has 0 saturated carbocycles. The third kappa shape index (κ3) is 3.96. The molecule has 0 radical (unpaired) electrons. The molecule has 17 heavy (non-hydrogen) atoms. The van der Waals surface area contributed by atoms with E-state index in [0.29, 0.717) is 30.6 Å². The van der Waals surface area contributed by atoms with Crippen LogP contribution in [0.15, 0.2) is 5.16 Å². The molecule has 0 unspecified atom stereocenters.